The Morgan fingerprint density at radius 3 is 2.95 bits per heavy atom. The molecule has 0 bridgehead atoms. The number of amides is 1. The summed E-state index contributed by atoms with van der Waals surface area (Å²) in [5, 5.41) is 5.22. The van der Waals surface area contributed by atoms with Crippen molar-refractivity contribution in [2.24, 2.45) is 0 Å². The van der Waals surface area contributed by atoms with Crippen LogP contribution in [0, 0.1) is 6.92 Å². The zero-order valence-electron chi connectivity index (χ0n) is 12.5. The van der Waals surface area contributed by atoms with Crippen LogP contribution in [0.15, 0.2) is 18.2 Å². The van der Waals surface area contributed by atoms with Crippen LogP contribution in [0.3, 0.4) is 0 Å². The van der Waals surface area contributed by atoms with Crippen molar-refractivity contribution in [1.29, 1.82) is 0 Å². The van der Waals surface area contributed by atoms with Crippen LogP contribution in [0.25, 0.3) is 11.0 Å². The maximum Gasteiger partial charge on any atom is 0.262 e. The molecule has 1 amide bonds. The number of benzene rings is 1. The van der Waals surface area contributed by atoms with E-state index in [0.717, 1.165) is 16.6 Å². The van der Waals surface area contributed by atoms with Crippen LogP contribution < -0.4 is 10.6 Å². The summed E-state index contributed by atoms with van der Waals surface area (Å²) >= 11 is 0. The zero-order chi connectivity index (χ0) is 15.9. The highest BCUT2D eigenvalue weighted by Gasteiger charge is 2.42. The molecule has 1 aliphatic rings. The molecule has 0 spiro atoms. The van der Waals surface area contributed by atoms with Crippen LogP contribution in [0.1, 0.15) is 18.9 Å². The predicted molar refractivity (Wildman–Crippen MR) is 80.1 cm³/mol. The minimum absolute atomic E-state index is 0.394. The van der Waals surface area contributed by atoms with E-state index in [1.807, 2.05) is 36.6 Å². The van der Waals surface area contributed by atoms with Crippen molar-refractivity contribution >= 4 is 22.9 Å². The molecule has 0 radical (unpaired) electrons. The quantitative estimate of drug-likeness (QED) is 0.915. The smallest absolute Gasteiger partial charge is 0.262 e. The molecule has 1 unspecified atom stereocenters. The number of nitrogens with one attached hydrogen (secondary N) is 2. The lowest BCUT2D eigenvalue weighted by Gasteiger charge is -2.12. The molecule has 3 rings (SSSR count). The number of imidazole rings is 1. The lowest BCUT2D eigenvalue weighted by Crippen LogP contribution is -2.36. The molecule has 0 aliphatic carbocycles. The van der Waals surface area contributed by atoms with Crippen LogP contribution in [0.2, 0.25) is 0 Å². The van der Waals surface area contributed by atoms with Gasteiger partial charge in [-0.1, -0.05) is 6.07 Å². The lowest BCUT2D eigenvalue weighted by atomic mass is 10.2. The van der Waals surface area contributed by atoms with Crippen molar-refractivity contribution in [3.05, 3.63) is 23.8 Å². The minimum Gasteiger partial charge on any atom is -0.310 e. The van der Waals surface area contributed by atoms with Crippen molar-refractivity contribution in [2.45, 2.75) is 38.8 Å². The normalized spacial score (nSPS) is 20.5. The Kier molecular flexibility index (Phi) is 3.60. The van der Waals surface area contributed by atoms with Gasteiger partial charge >= 0.3 is 0 Å². The second-order valence-corrected chi connectivity index (χ2v) is 5.65. The van der Waals surface area contributed by atoms with Gasteiger partial charge in [0.15, 0.2) is 0 Å². The van der Waals surface area contributed by atoms with Crippen molar-refractivity contribution in [3.8, 4) is 0 Å². The van der Waals surface area contributed by atoms with Gasteiger partial charge in [0, 0.05) is 13.0 Å². The summed E-state index contributed by atoms with van der Waals surface area (Å²) in [7, 11) is 0. The van der Waals surface area contributed by atoms with Crippen molar-refractivity contribution in [3.63, 3.8) is 0 Å². The molecule has 22 heavy (non-hydrogen) atoms. The molecule has 7 heteroatoms. The Morgan fingerprint density at radius 1 is 1.55 bits per heavy atom. The molecule has 1 aromatic heterocycles. The molecule has 1 saturated heterocycles. The number of nitrogens with zero attached hydrogens (tertiary/aromatic N) is 2. The third kappa shape index (κ3) is 2.68. The van der Waals surface area contributed by atoms with E-state index in [1.165, 1.54) is 0 Å². The molecule has 2 N–H and O–H groups in total. The number of carbonyl (C=O) groups is 1. The number of alkyl halides is 2. The fourth-order valence-corrected chi connectivity index (χ4v) is 2.75. The van der Waals surface area contributed by atoms with Crippen molar-refractivity contribution in [2.75, 3.05) is 11.9 Å². The number of carbonyl (C=O) groups excluding carboxylic acids is 1. The number of aryl methyl sites for hydroxylation is 2. The van der Waals surface area contributed by atoms with E-state index >= 15 is 0 Å². The first-order chi connectivity index (χ1) is 10.4. The van der Waals surface area contributed by atoms with E-state index in [2.05, 4.69) is 15.6 Å². The number of hydrogen-bond donors (Lipinski definition) is 2. The summed E-state index contributed by atoms with van der Waals surface area (Å²) < 4.78 is 28.2. The molecule has 0 saturated carbocycles. The summed E-state index contributed by atoms with van der Waals surface area (Å²) in [6.07, 6.45) is -0.482. The Labute approximate surface area is 126 Å². The average molecular weight is 308 g/mol. The van der Waals surface area contributed by atoms with Gasteiger partial charge in [-0.05, 0) is 31.5 Å². The summed E-state index contributed by atoms with van der Waals surface area (Å²) in [5.41, 5.74) is 2.76. The number of fused-ring (bicyclic) bond motifs is 1. The Hall–Kier alpha value is -2.02. The van der Waals surface area contributed by atoms with E-state index in [9.17, 15) is 13.6 Å². The van der Waals surface area contributed by atoms with Crippen LogP contribution in [0.4, 0.5) is 14.7 Å². The molecule has 1 atom stereocenters. The molecule has 1 aromatic carbocycles. The van der Waals surface area contributed by atoms with E-state index in [1.54, 1.807) is 0 Å². The van der Waals surface area contributed by atoms with Gasteiger partial charge < -0.3 is 4.57 Å². The second kappa shape index (κ2) is 5.31. The van der Waals surface area contributed by atoms with Gasteiger partial charge in [0.2, 0.25) is 11.9 Å². The molecule has 118 valence electrons. The summed E-state index contributed by atoms with van der Waals surface area (Å²) in [6.45, 7) is 4.07. The monoisotopic (exact) mass is 308 g/mol. The highest BCUT2D eigenvalue weighted by molar-refractivity contribution is 5.95. The van der Waals surface area contributed by atoms with Gasteiger partial charge in [-0.2, -0.15) is 0 Å². The van der Waals surface area contributed by atoms with Crippen LogP contribution in [-0.4, -0.2) is 34.0 Å². The van der Waals surface area contributed by atoms with E-state index < -0.39 is 30.8 Å². The van der Waals surface area contributed by atoms with Crippen molar-refractivity contribution < 1.29 is 13.6 Å². The van der Waals surface area contributed by atoms with Gasteiger partial charge in [0.1, 0.15) is 0 Å². The molecular weight excluding hydrogens is 290 g/mol. The number of hydrogen-bond acceptors (Lipinski definition) is 3. The van der Waals surface area contributed by atoms with Gasteiger partial charge in [-0.25, -0.2) is 13.8 Å². The molecule has 1 fully saturated rings. The first-order valence-corrected chi connectivity index (χ1v) is 7.28. The fourth-order valence-electron chi connectivity index (χ4n) is 2.75. The minimum atomic E-state index is -2.83. The Bertz CT molecular complexity index is 726. The van der Waals surface area contributed by atoms with Crippen molar-refractivity contribution in [1.82, 2.24) is 14.9 Å². The van der Waals surface area contributed by atoms with Crippen LogP contribution in [-0.2, 0) is 11.3 Å². The summed E-state index contributed by atoms with van der Waals surface area (Å²) in [6, 6.07) is 4.96. The van der Waals surface area contributed by atoms with Crippen LogP contribution in [0.5, 0.6) is 0 Å². The van der Waals surface area contributed by atoms with Gasteiger partial charge in [-0.3, -0.25) is 15.4 Å². The number of rotatable bonds is 3. The highest BCUT2D eigenvalue weighted by atomic mass is 19.3. The maximum absolute atomic E-state index is 13.2. The maximum atomic E-state index is 13.2. The van der Waals surface area contributed by atoms with Crippen LogP contribution >= 0.6 is 0 Å². The molecule has 1 aliphatic heterocycles. The molecule has 2 heterocycles. The average Bonchev–Trinajstić information content (AvgIpc) is 2.97. The zero-order valence-corrected chi connectivity index (χ0v) is 12.5. The number of halogens is 2. The standard InChI is InChI=1S/C15H18F2N4O/c1-3-21-12-5-4-9(2)6-10(12)19-14(21)20-13(22)11-7-15(16,17)8-18-11/h4-6,11,18H,3,7-8H2,1-2H3,(H,19,20,22). The molecular formula is C15H18F2N4O. The summed E-state index contributed by atoms with van der Waals surface area (Å²) in [5.74, 6) is -2.91. The SMILES string of the molecule is CCn1c(NC(=O)C2CC(F)(F)CN2)nc2cc(C)ccc21. The Morgan fingerprint density at radius 2 is 2.32 bits per heavy atom. The predicted octanol–water partition coefficient (Wildman–Crippen LogP) is 2.30. The summed E-state index contributed by atoms with van der Waals surface area (Å²) in [4.78, 5) is 16.6. The van der Waals surface area contributed by atoms with E-state index in [4.69, 9.17) is 0 Å². The van der Waals surface area contributed by atoms with E-state index in [-0.39, 0.29) is 0 Å². The number of anilines is 1. The third-order valence-electron chi connectivity index (χ3n) is 3.88. The first kappa shape index (κ1) is 14.9. The topological polar surface area (TPSA) is 59.0 Å². The Balaban J connectivity index is 1.86. The van der Waals surface area contributed by atoms with Gasteiger partial charge in [0.05, 0.1) is 23.6 Å². The van der Waals surface area contributed by atoms with E-state index in [0.29, 0.717) is 12.5 Å². The third-order valence-corrected chi connectivity index (χ3v) is 3.88. The largest absolute Gasteiger partial charge is 0.310 e. The lowest BCUT2D eigenvalue weighted by molar-refractivity contribution is -0.118. The highest BCUT2D eigenvalue weighted by Crippen LogP contribution is 2.26. The number of aromatic nitrogens is 2. The molecule has 2 aromatic rings. The van der Waals surface area contributed by atoms with Gasteiger partial charge in [0.25, 0.3) is 5.92 Å². The second-order valence-electron chi connectivity index (χ2n) is 5.65. The first-order valence-electron chi connectivity index (χ1n) is 7.28. The fraction of sp³-hybridized carbons (Fsp3) is 0.467. The van der Waals surface area contributed by atoms with Gasteiger partial charge in [-0.15, -0.1) is 0 Å². The molecule has 5 nitrogen and oxygen atoms in total.